The van der Waals surface area contributed by atoms with Crippen molar-refractivity contribution in [3.63, 3.8) is 0 Å². The van der Waals surface area contributed by atoms with Gasteiger partial charge in [0.2, 0.25) is 5.88 Å². The highest BCUT2D eigenvalue weighted by Gasteiger charge is 2.32. The number of imidazole rings is 1. The third-order valence-electron chi connectivity index (χ3n) is 6.67. The Morgan fingerprint density at radius 1 is 0.946 bits per heavy atom. The fourth-order valence-corrected chi connectivity index (χ4v) is 4.70. The van der Waals surface area contributed by atoms with Gasteiger partial charge in [-0.3, -0.25) is 0 Å². The molecule has 37 heavy (non-hydrogen) atoms. The van der Waals surface area contributed by atoms with Crippen molar-refractivity contribution in [3.8, 4) is 23.0 Å². The van der Waals surface area contributed by atoms with Gasteiger partial charge in [-0.15, -0.1) is 10.2 Å². The number of anilines is 1. The maximum Gasteiger partial charge on any atom is 0.416 e. The molecule has 1 aromatic carbocycles. The summed E-state index contributed by atoms with van der Waals surface area (Å²) < 4.78 is 46.4. The molecule has 4 aromatic rings. The maximum absolute atomic E-state index is 13.0. The van der Waals surface area contributed by atoms with E-state index in [2.05, 4.69) is 20.5 Å². The number of rotatable bonds is 6. The minimum Gasteiger partial charge on any atom is -0.479 e. The molecule has 0 fully saturated rings. The predicted molar refractivity (Wildman–Crippen MR) is 134 cm³/mol. The molecule has 0 aliphatic heterocycles. The number of hydrogen-bond acceptors (Lipinski definition) is 6. The molecular formula is C27H27F3N6O. The second-order valence-electron chi connectivity index (χ2n) is 9.68. The van der Waals surface area contributed by atoms with E-state index in [0.717, 1.165) is 59.5 Å². The molecule has 0 atom stereocenters. The molecule has 0 bridgehead atoms. The van der Waals surface area contributed by atoms with E-state index in [4.69, 9.17) is 9.72 Å². The summed E-state index contributed by atoms with van der Waals surface area (Å²) in [4.78, 5) is 8.99. The van der Waals surface area contributed by atoms with Crippen LogP contribution in [-0.2, 0) is 24.6 Å². The summed E-state index contributed by atoms with van der Waals surface area (Å²) in [5.74, 6) is 1.09. The standard InChI is InChI=1S/C27H27F3N6O/c1-16-14-36(15-31-16)22-13-12-21(32-25(22)37-4)23-19-6-5-7-20(19)24(35-34-23)33-26(2,3)17-8-10-18(11-9-17)27(28,29)30/h8-15H,5-7H2,1-4H3,(H,33,35). The minimum atomic E-state index is -4.37. The summed E-state index contributed by atoms with van der Waals surface area (Å²) in [6.45, 7) is 5.74. The zero-order valence-electron chi connectivity index (χ0n) is 21.0. The van der Waals surface area contributed by atoms with Gasteiger partial charge in [0.05, 0.1) is 35.9 Å². The van der Waals surface area contributed by atoms with E-state index in [1.807, 2.05) is 43.7 Å². The van der Waals surface area contributed by atoms with Crippen LogP contribution in [0.3, 0.4) is 0 Å². The molecule has 0 amide bonds. The second kappa shape index (κ2) is 9.17. The van der Waals surface area contributed by atoms with Gasteiger partial charge in [0, 0.05) is 11.8 Å². The summed E-state index contributed by atoms with van der Waals surface area (Å²) in [5, 5.41) is 12.4. The average molecular weight is 509 g/mol. The Morgan fingerprint density at radius 3 is 2.30 bits per heavy atom. The third-order valence-corrected chi connectivity index (χ3v) is 6.67. The molecule has 7 nitrogen and oxygen atoms in total. The molecular weight excluding hydrogens is 481 g/mol. The van der Waals surface area contributed by atoms with Crippen molar-refractivity contribution in [2.75, 3.05) is 12.4 Å². The van der Waals surface area contributed by atoms with E-state index >= 15 is 0 Å². The van der Waals surface area contributed by atoms with E-state index in [-0.39, 0.29) is 0 Å². The number of nitrogens with zero attached hydrogens (tertiary/aromatic N) is 5. The van der Waals surface area contributed by atoms with Crippen LogP contribution in [0.15, 0.2) is 48.9 Å². The van der Waals surface area contributed by atoms with Crippen molar-refractivity contribution in [1.29, 1.82) is 0 Å². The van der Waals surface area contributed by atoms with Crippen molar-refractivity contribution in [2.24, 2.45) is 0 Å². The highest BCUT2D eigenvalue weighted by molar-refractivity contribution is 5.67. The summed E-state index contributed by atoms with van der Waals surface area (Å²) in [6.07, 6.45) is 1.86. The SMILES string of the molecule is COc1nc(-c2nnc(NC(C)(C)c3ccc(C(F)(F)F)cc3)c3c2CCC3)ccc1-n1cnc(C)c1. The third kappa shape index (κ3) is 4.75. The second-order valence-corrected chi connectivity index (χ2v) is 9.68. The summed E-state index contributed by atoms with van der Waals surface area (Å²) >= 11 is 0. The number of alkyl halides is 3. The predicted octanol–water partition coefficient (Wildman–Crippen LogP) is 5.90. The van der Waals surface area contributed by atoms with Gasteiger partial charge in [-0.2, -0.15) is 13.2 Å². The lowest BCUT2D eigenvalue weighted by molar-refractivity contribution is -0.137. The minimum absolute atomic E-state index is 0.453. The van der Waals surface area contributed by atoms with Crippen LogP contribution in [0, 0.1) is 6.92 Å². The number of aromatic nitrogens is 5. The molecule has 3 aromatic heterocycles. The fraction of sp³-hybridized carbons (Fsp3) is 0.333. The molecule has 192 valence electrons. The van der Waals surface area contributed by atoms with Gasteiger partial charge in [0.1, 0.15) is 11.4 Å². The van der Waals surface area contributed by atoms with Crippen LogP contribution < -0.4 is 10.1 Å². The Kier molecular flexibility index (Phi) is 6.13. The number of methoxy groups -OCH3 is 1. The average Bonchev–Trinajstić information content (AvgIpc) is 3.53. The first-order valence-corrected chi connectivity index (χ1v) is 12.0. The molecule has 1 aliphatic rings. The maximum atomic E-state index is 13.0. The van der Waals surface area contributed by atoms with Crippen LogP contribution in [0.2, 0.25) is 0 Å². The van der Waals surface area contributed by atoms with Crippen molar-refractivity contribution < 1.29 is 17.9 Å². The highest BCUT2D eigenvalue weighted by Crippen LogP contribution is 2.37. The van der Waals surface area contributed by atoms with Gasteiger partial charge in [-0.25, -0.2) is 9.97 Å². The summed E-state index contributed by atoms with van der Waals surface area (Å²) in [5.41, 5.74) is 4.53. The van der Waals surface area contributed by atoms with Crippen LogP contribution >= 0.6 is 0 Å². The Hall–Kier alpha value is -3.95. The quantitative estimate of drug-likeness (QED) is 0.350. The van der Waals surface area contributed by atoms with Gasteiger partial charge in [-0.05, 0) is 75.4 Å². The first-order valence-electron chi connectivity index (χ1n) is 12.0. The molecule has 10 heteroatoms. The van der Waals surface area contributed by atoms with E-state index in [1.54, 1.807) is 13.4 Å². The topological polar surface area (TPSA) is 77.8 Å². The Morgan fingerprint density at radius 2 is 1.65 bits per heavy atom. The van der Waals surface area contributed by atoms with Gasteiger partial charge in [0.15, 0.2) is 5.82 Å². The number of fused-ring (bicyclic) bond motifs is 1. The molecule has 0 unspecified atom stereocenters. The van der Waals surface area contributed by atoms with E-state index in [0.29, 0.717) is 23.1 Å². The van der Waals surface area contributed by atoms with Gasteiger partial charge in [-0.1, -0.05) is 12.1 Å². The number of halogens is 3. The number of pyridine rings is 1. The molecule has 0 spiro atoms. The Bertz CT molecular complexity index is 1440. The molecule has 1 aliphatic carbocycles. The summed E-state index contributed by atoms with van der Waals surface area (Å²) in [7, 11) is 1.58. The van der Waals surface area contributed by atoms with Crippen molar-refractivity contribution >= 4 is 5.82 Å². The number of hydrogen-bond donors (Lipinski definition) is 1. The van der Waals surface area contributed by atoms with Crippen molar-refractivity contribution in [1.82, 2.24) is 24.7 Å². The van der Waals surface area contributed by atoms with E-state index in [1.165, 1.54) is 12.1 Å². The number of ether oxygens (including phenoxy) is 1. The molecule has 1 N–H and O–H groups in total. The van der Waals surface area contributed by atoms with Crippen molar-refractivity contribution in [3.05, 3.63) is 76.9 Å². The smallest absolute Gasteiger partial charge is 0.416 e. The molecule has 0 saturated carbocycles. The van der Waals surface area contributed by atoms with Crippen LogP contribution in [0.4, 0.5) is 19.0 Å². The Balaban J connectivity index is 1.46. The molecule has 0 radical (unpaired) electrons. The lowest BCUT2D eigenvalue weighted by atomic mass is 9.93. The number of nitrogens with one attached hydrogen (secondary N) is 1. The number of aryl methyl sites for hydroxylation is 1. The van der Waals surface area contributed by atoms with Crippen LogP contribution in [-0.4, -0.2) is 31.8 Å². The van der Waals surface area contributed by atoms with Crippen LogP contribution in [0.25, 0.3) is 17.1 Å². The first-order chi connectivity index (χ1) is 17.6. The highest BCUT2D eigenvalue weighted by atomic mass is 19.4. The van der Waals surface area contributed by atoms with Crippen molar-refractivity contribution in [2.45, 2.75) is 51.7 Å². The normalized spacial score (nSPS) is 13.5. The first kappa shape index (κ1) is 24.7. The fourth-order valence-electron chi connectivity index (χ4n) is 4.70. The zero-order chi connectivity index (χ0) is 26.4. The van der Waals surface area contributed by atoms with Crippen LogP contribution in [0.5, 0.6) is 5.88 Å². The molecule has 0 saturated heterocycles. The monoisotopic (exact) mass is 508 g/mol. The lowest BCUT2D eigenvalue weighted by Gasteiger charge is -2.29. The summed E-state index contributed by atoms with van der Waals surface area (Å²) in [6, 6.07) is 9.02. The van der Waals surface area contributed by atoms with Gasteiger partial charge in [0.25, 0.3) is 0 Å². The zero-order valence-corrected chi connectivity index (χ0v) is 21.0. The number of benzene rings is 1. The Labute approximate surface area is 212 Å². The van der Waals surface area contributed by atoms with Gasteiger partial charge < -0.3 is 14.6 Å². The molecule has 3 heterocycles. The van der Waals surface area contributed by atoms with Crippen LogP contribution in [0.1, 0.15) is 48.2 Å². The molecule has 5 rings (SSSR count). The van der Waals surface area contributed by atoms with E-state index in [9.17, 15) is 13.2 Å². The van der Waals surface area contributed by atoms with Gasteiger partial charge >= 0.3 is 6.18 Å². The largest absolute Gasteiger partial charge is 0.479 e. The lowest BCUT2D eigenvalue weighted by Crippen LogP contribution is -2.29. The van der Waals surface area contributed by atoms with E-state index < -0.39 is 17.3 Å².